The predicted octanol–water partition coefficient (Wildman–Crippen LogP) is 3.30. The first-order valence-corrected chi connectivity index (χ1v) is 8.96. The third kappa shape index (κ3) is 3.24. The van der Waals surface area contributed by atoms with Gasteiger partial charge in [-0.05, 0) is 44.5 Å². The molecule has 0 amide bonds. The van der Waals surface area contributed by atoms with Crippen molar-refractivity contribution >= 4 is 10.9 Å². The minimum atomic E-state index is 0.0962. The van der Waals surface area contributed by atoms with Crippen molar-refractivity contribution in [2.45, 2.75) is 38.8 Å². The van der Waals surface area contributed by atoms with Crippen molar-refractivity contribution in [3.8, 4) is 0 Å². The van der Waals surface area contributed by atoms with Crippen molar-refractivity contribution in [2.24, 2.45) is 7.05 Å². The number of pyridine rings is 1. The van der Waals surface area contributed by atoms with E-state index >= 15 is 0 Å². The summed E-state index contributed by atoms with van der Waals surface area (Å²) in [5.41, 5.74) is 4.22. The van der Waals surface area contributed by atoms with E-state index in [1.165, 1.54) is 12.8 Å². The molecule has 3 heterocycles. The maximum absolute atomic E-state index is 12.5. The number of nitrogens with one attached hydrogen (secondary N) is 1. The molecule has 0 radical (unpaired) electrons. The first-order chi connectivity index (χ1) is 12.1. The van der Waals surface area contributed by atoms with Gasteiger partial charge in [0.2, 0.25) is 0 Å². The molecule has 1 N–H and O–H groups in total. The van der Waals surface area contributed by atoms with Crippen LogP contribution in [0.4, 0.5) is 0 Å². The number of piperidine rings is 1. The van der Waals surface area contributed by atoms with Crippen molar-refractivity contribution in [2.75, 3.05) is 6.54 Å². The van der Waals surface area contributed by atoms with Gasteiger partial charge in [-0.1, -0.05) is 18.1 Å². The second-order valence-corrected chi connectivity index (χ2v) is 7.10. The topological polar surface area (TPSA) is 53.9 Å². The fraction of sp³-hybridized carbons (Fsp3) is 0.400. The Morgan fingerprint density at radius 3 is 2.92 bits per heavy atom. The number of nitrogens with zero attached hydrogens (tertiary/aromatic N) is 3. The van der Waals surface area contributed by atoms with Gasteiger partial charge < -0.3 is 4.98 Å². The molecule has 1 saturated heterocycles. The highest BCUT2D eigenvalue weighted by atomic mass is 16.1. The SMILES string of the molecule is Cc1ccc2[nH]c(CN3CCCCC3c3ccn(C)n3)cc(=O)c2c1. The van der Waals surface area contributed by atoms with Crippen molar-refractivity contribution in [3.05, 3.63) is 63.7 Å². The van der Waals surface area contributed by atoms with E-state index in [2.05, 4.69) is 21.0 Å². The van der Waals surface area contributed by atoms with E-state index in [0.717, 1.165) is 47.4 Å². The maximum Gasteiger partial charge on any atom is 0.189 e. The largest absolute Gasteiger partial charge is 0.357 e. The van der Waals surface area contributed by atoms with Gasteiger partial charge in [-0.15, -0.1) is 0 Å². The molecule has 1 aliphatic rings. The number of benzene rings is 1. The summed E-state index contributed by atoms with van der Waals surface area (Å²) in [6, 6.07) is 10.2. The molecule has 0 saturated carbocycles. The number of H-pyrrole nitrogens is 1. The standard InChI is InChI=1S/C20H24N4O/c1-14-6-7-17-16(11-14)20(25)12-15(21-17)13-24-9-4-3-5-19(24)18-8-10-23(2)22-18/h6-8,10-12,19H,3-5,9,13H2,1-2H3,(H,21,25). The summed E-state index contributed by atoms with van der Waals surface area (Å²) in [6.45, 7) is 3.80. The Morgan fingerprint density at radius 2 is 2.12 bits per heavy atom. The van der Waals surface area contributed by atoms with Crippen LogP contribution < -0.4 is 5.43 Å². The van der Waals surface area contributed by atoms with Crippen molar-refractivity contribution in [1.82, 2.24) is 19.7 Å². The summed E-state index contributed by atoms with van der Waals surface area (Å²) >= 11 is 0. The van der Waals surface area contributed by atoms with Gasteiger partial charge in [0, 0.05) is 42.5 Å². The van der Waals surface area contributed by atoms with Gasteiger partial charge in [0.25, 0.3) is 0 Å². The molecule has 5 heteroatoms. The fourth-order valence-corrected chi connectivity index (χ4v) is 3.85. The van der Waals surface area contributed by atoms with E-state index in [9.17, 15) is 4.79 Å². The molecule has 5 nitrogen and oxygen atoms in total. The average Bonchev–Trinajstić information content (AvgIpc) is 3.02. The molecular formula is C20H24N4O. The van der Waals surface area contributed by atoms with Crippen molar-refractivity contribution < 1.29 is 0 Å². The second kappa shape index (κ2) is 6.48. The van der Waals surface area contributed by atoms with Crippen LogP contribution in [0.2, 0.25) is 0 Å². The van der Waals surface area contributed by atoms with Crippen LogP contribution in [0.1, 0.15) is 42.3 Å². The van der Waals surface area contributed by atoms with Crippen LogP contribution in [0.15, 0.2) is 41.3 Å². The number of aryl methyl sites for hydroxylation is 2. The minimum Gasteiger partial charge on any atom is -0.357 e. The summed E-state index contributed by atoms with van der Waals surface area (Å²) in [4.78, 5) is 18.4. The van der Waals surface area contributed by atoms with Crippen molar-refractivity contribution in [3.63, 3.8) is 0 Å². The molecule has 0 spiro atoms. The maximum atomic E-state index is 12.5. The molecule has 1 atom stereocenters. The quantitative estimate of drug-likeness (QED) is 0.798. The van der Waals surface area contributed by atoms with Crippen LogP contribution in [0.3, 0.4) is 0 Å². The Morgan fingerprint density at radius 1 is 1.24 bits per heavy atom. The van der Waals surface area contributed by atoms with Crippen LogP contribution in [0.5, 0.6) is 0 Å². The molecule has 0 bridgehead atoms. The van der Waals surface area contributed by atoms with Gasteiger partial charge in [0.1, 0.15) is 0 Å². The number of hydrogen-bond donors (Lipinski definition) is 1. The minimum absolute atomic E-state index is 0.0962. The number of hydrogen-bond acceptors (Lipinski definition) is 3. The first kappa shape index (κ1) is 16.1. The Hall–Kier alpha value is -2.40. The smallest absolute Gasteiger partial charge is 0.189 e. The van der Waals surface area contributed by atoms with Gasteiger partial charge in [-0.3, -0.25) is 14.4 Å². The molecule has 3 aromatic rings. The lowest BCUT2D eigenvalue weighted by Crippen LogP contribution is -2.33. The number of likely N-dealkylation sites (tertiary alicyclic amines) is 1. The third-order valence-corrected chi connectivity index (χ3v) is 5.10. The summed E-state index contributed by atoms with van der Waals surface area (Å²) in [5.74, 6) is 0. The zero-order valence-corrected chi connectivity index (χ0v) is 14.8. The van der Waals surface area contributed by atoms with E-state index in [1.54, 1.807) is 6.07 Å². The second-order valence-electron chi connectivity index (χ2n) is 7.10. The van der Waals surface area contributed by atoms with E-state index in [4.69, 9.17) is 0 Å². The zero-order chi connectivity index (χ0) is 17.4. The summed E-state index contributed by atoms with van der Waals surface area (Å²) < 4.78 is 1.86. The molecule has 1 unspecified atom stereocenters. The lowest BCUT2D eigenvalue weighted by atomic mass is 9.99. The molecule has 4 rings (SSSR count). The fourth-order valence-electron chi connectivity index (χ4n) is 3.85. The highest BCUT2D eigenvalue weighted by molar-refractivity contribution is 5.79. The van der Waals surface area contributed by atoms with E-state index in [1.807, 2.05) is 43.0 Å². The first-order valence-electron chi connectivity index (χ1n) is 8.96. The average molecular weight is 336 g/mol. The van der Waals surface area contributed by atoms with Crippen LogP contribution in [-0.2, 0) is 13.6 Å². The van der Waals surface area contributed by atoms with Gasteiger partial charge in [-0.25, -0.2) is 0 Å². The number of fused-ring (bicyclic) bond motifs is 1. The van der Waals surface area contributed by atoms with Crippen LogP contribution in [0.25, 0.3) is 10.9 Å². The van der Waals surface area contributed by atoms with Gasteiger partial charge in [0.05, 0.1) is 11.7 Å². The van der Waals surface area contributed by atoms with Crippen LogP contribution in [0, 0.1) is 6.92 Å². The molecule has 2 aromatic heterocycles. The van der Waals surface area contributed by atoms with Crippen molar-refractivity contribution in [1.29, 1.82) is 0 Å². The molecule has 25 heavy (non-hydrogen) atoms. The molecule has 0 aliphatic carbocycles. The third-order valence-electron chi connectivity index (χ3n) is 5.10. The highest BCUT2D eigenvalue weighted by Gasteiger charge is 2.26. The Labute approximate surface area is 147 Å². The number of aromatic amines is 1. The summed E-state index contributed by atoms with van der Waals surface area (Å²) in [6.07, 6.45) is 5.54. The van der Waals surface area contributed by atoms with E-state index in [-0.39, 0.29) is 5.43 Å². The van der Waals surface area contributed by atoms with Crippen LogP contribution >= 0.6 is 0 Å². The predicted molar refractivity (Wildman–Crippen MR) is 99.5 cm³/mol. The Bertz CT molecular complexity index is 956. The van der Waals surface area contributed by atoms with Gasteiger partial charge in [0.15, 0.2) is 5.43 Å². The monoisotopic (exact) mass is 336 g/mol. The summed E-state index contributed by atoms with van der Waals surface area (Å²) in [5, 5.41) is 5.37. The van der Waals surface area contributed by atoms with Crippen LogP contribution in [-0.4, -0.2) is 26.2 Å². The molecule has 130 valence electrons. The Kier molecular flexibility index (Phi) is 4.17. The zero-order valence-electron chi connectivity index (χ0n) is 14.8. The number of rotatable bonds is 3. The van der Waals surface area contributed by atoms with E-state index in [0.29, 0.717) is 6.04 Å². The molecule has 1 aromatic carbocycles. The van der Waals surface area contributed by atoms with E-state index < -0.39 is 0 Å². The molecular weight excluding hydrogens is 312 g/mol. The lowest BCUT2D eigenvalue weighted by molar-refractivity contribution is 0.135. The van der Waals surface area contributed by atoms with Gasteiger partial charge in [-0.2, -0.15) is 5.10 Å². The number of aromatic nitrogens is 3. The normalized spacial score (nSPS) is 18.7. The van der Waals surface area contributed by atoms with Gasteiger partial charge >= 0.3 is 0 Å². The highest BCUT2D eigenvalue weighted by Crippen LogP contribution is 2.30. The lowest BCUT2D eigenvalue weighted by Gasteiger charge is -2.34. The molecule has 1 fully saturated rings. The molecule has 1 aliphatic heterocycles. The summed E-state index contributed by atoms with van der Waals surface area (Å²) in [7, 11) is 1.96. The Balaban J connectivity index is 1.64.